The minimum absolute atomic E-state index is 0. The molecular formula is C23H37IN6O. The average molecular weight is 540 g/mol. The molecule has 0 spiro atoms. The summed E-state index contributed by atoms with van der Waals surface area (Å²) in [6.45, 7) is 7.43. The molecule has 172 valence electrons. The van der Waals surface area contributed by atoms with E-state index in [1.165, 1.54) is 11.1 Å². The maximum absolute atomic E-state index is 5.82. The molecule has 1 fully saturated rings. The summed E-state index contributed by atoms with van der Waals surface area (Å²) < 4.78 is 7.70. The maximum atomic E-state index is 5.82. The van der Waals surface area contributed by atoms with E-state index in [0.29, 0.717) is 12.5 Å². The largest absolute Gasteiger partial charge is 0.494 e. The summed E-state index contributed by atoms with van der Waals surface area (Å²) in [7, 11) is 6.14. The van der Waals surface area contributed by atoms with Crippen LogP contribution in [0.15, 0.2) is 41.7 Å². The third-order valence-electron chi connectivity index (χ3n) is 5.37. The summed E-state index contributed by atoms with van der Waals surface area (Å²) in [5.41, 5.74) is 2.51. The molecule has 1 unspecified atom stereocenters. The average Bonchev–Trinajstić information content (AvgIpc) is 3.38. The Morgan fingerprint density at radius 2 is 2.06 bits per heavy atom. The van der Waals surface area contributed by atoms with Crippen LogP contribution in [0.1, 0.15) is 36.8 Å². The molecule has 0 amide bonds. The van der Waals surface area contributed by atoms with E-state index in [9.17, 15) is 0 Å². The van der Waals surface area contributed by atoms with Crippen molar-refractivity contribution in [3.63, 3.8) is 0 Å². The van der Waals surface area contributed by atoms with Crippen LogP contribution in [0.2, 0.25) is 0 Å². The van der Waals surface area contributed by atoms with Gasteiger partial charge in [0.25, 0.3) is 0 Å². The molecule has 2 aromatic rings. The van der Waals surface area contributed by atoms with Crippen LogP contribution in [0.5, 0.6) is 5.75 Å². The van der Waals surface area contributed by atoms with Crippen molar-refractivity contribution in [3.05, 3.63) is 47.8 Å². The fourth-order valence-electron chi connectivity index (χ4n) is 3.73. The molecule has 1 aromatic carbocycles. The number of rotatable bonds is 9. The third kappa shape index (κ3) is 7.99. The number of aliphatic imine (C=N–C) groups is 1. The molecule has 0 saturated carbocycles. The molecule has 8 heteroatoms. The molecule has 3 rings (SSSR count). The Morgan fingerprint density at radius 3 is 2.71 bits per heavy atom. The number of nitrogens with one attached hydrogen (secondary N) is 1. The van der Waals surface area contributed by atoms with Crippen LogP contribution in [-0.4, -0.2) is 72.4 Å². The van der Waals surface area contributed by atoms with Crippen LogP contribution in [0.3, 0.4) is 0 Å². The highest BCUT2D eigenvalue weighted by Crippen LogP contribution is 2.26. The predicted octanol–water partition coefficient (Wildman–Crippen LogP) is 3.32. The second-order valence-corrected chi connectivity index (χ2v) is 8.20. The number of hydrogen-bond donors (Lipinski definition) is 1. The number of nitrogens with zero attached hydrogens (tertiary/aromatic N) is 5. The zero-order chi connectivity index (χ0) is 21.3. The van der Waals surface area contributed by atoms with Crippen molar-refractivity contribution < 1.29 is 4.74 Å². The van der Waals surface area contributed by atoms with Gasteiger partial charge in [0.05, 0.1) is 19.3 Å². The maximum Gasteiger partial charge on any atom is 0.194 e. The van der Waals surface area contributed by atoms with Crippen LogP contribution in [0.25, 0.3) is 0 Å². The van der Waals surface area contributed by atoms with Crippen molar-refractivity contribution in [2.75, 3.05) is 46.9 Å². The van der Waals surface area contributed by atoms with Gasteiger partial charge in [-0.3, -0.25) is 4.68 Å². The molecule has 1 aromatic heterocycles. The van der Waals surface area contributed by atoms with Crippen molar-refractivity contribution in [1.29, 1.82) is 0 Å². The van der Waals surface area contributed by atoms with E-state index in [1.807, 2.05) is 30.1 Å². The Hall–Kier alpha value is -1.81. The molecule has 0 bridgehead atoms. The molecular weight excluding hydrogens is 503 g/mol. The summed E-state index contributed by atoms with van der Waals surface area (Å²) in [6.07, 6.45) is 6.28. The summed E-state index contributed by atoms with van der Waals surface area (Å²) in [5.74, 6) is 2.44. The first-order valence-electron chi connectivity index (χ1n) is 10.9. The van der Waals surface area contributed by atoms with Gasteiger partial charge in [0.15, 0.2) is 5.96 Å². The van der Waals surface area contributed by atoms with Gasteiger partial charge in [0, 0.05) is 45.3 Å². The Balaban J connectivity index is 0.00000341. The number of benzene rings is 1. The van der Waals surface area contributed by atoms with Gasteiger partial charge in [-0.15, -0.1) is 24.0 Å². The van der Waals surface area contributed by atoms with E-state index < -0.39 is 0 Å². The lowest BCUT2D eigenvalue weighted by Crippen LogP contribution is -2.40. The molecule has 31 heavy (non-hydrogen) atoms. The number of likely N-dealkylation sites (tertiary alicyclic amines) is 1. The summed E-state index contributed by atoms with van der Waals surface area (Å²) in [4.78, 5) is 9.42. The van der Waals surface area contributed by atoms with Crippen molar-refractivity contribution in [1.82, 2.24) is 24.9 Å². The highest BCUT2D eigenvalue weighted by molar-refractivity contribution is 14.0. The van der Waals surface area contributed by atoms with Crippen molar-refractivity contribution in [3.8, 4) is 5.75 Å². The quantitative estimate of drug-likeness (QED) is 0.229. The Morgan fingerprint density at radius 1 is 1.29 bits per heavy atom. The minimum Gasteiger partial charge on any atom is -0.494 e. The van der Waals surface area contributed by atoms with E-state index in [0.717, 1.165) is 57.3 Å². The first-order chi connectivity index (χ1) is 14.5. The van der Waals surface area contributed by atoms with Gasteiger partial charge in [-0.2, -0.15) is 5.10 Å². The monoisotopic (exact) mass is 540 g/mol. The number of aryl methyl sites for hydroxylation is 1. The van der Waals surface area contributed by atoms with Crippen LogP contribution >= 0.6 is 24.0 Å². The second-order valence-electron chi connectivity index (χ2n) is 8.20. The summed E-state index contributed by atoms with van der Waals surface area (Å²) >= 11 is 0. The van der Waals surface area contributed by atoms with E-state index in [4.69, 9.17) is 9.73 Å². The standard InChI is InChI=1S/C23H36N6O.HI/c1-5-24-23(29-13-11-20(18-29)21-16-26-28(4)17-21)25-15-19-7-9-22(10-8-19)30-14-6-12-27(2)3;/h7-10,16-17,20H,5-6,11-15,18H2,1-4H3,(H,24,25);1H. The van der Waals surface area contributed by atoms with E-state index in [1.54, 1.807) is 0 Å². The Labute approximate surface area is 203 Å². The fourth-order valence-corrected chi connectivity index (χ4v) is 3.73. The van der Waals surface area contributed by atoms with Crippen LogP contribution in [0.4, 0.5) is 0 Å². The van der Waals surface area contributed by atoms with Gasteiger partial charge >= 0.3 is 0 Å². The zero-order valence-corrected chi connectivity index (χ0v) is 21.6. The van der Waals surface area contributed by atoms with Gasteiger partial charge < -0.3 is 19.9 Å². The molecule has 1 atom stereocenters. The molecule has 1 aliphatic heterocycles. The number of ether oxygens (including phenoxy) is 1. The highest BCUT2D eigenvalue weighted by Gasteiger charge is 2.26. The normalized spacial score (nSPS) is 16.5. The smallest absolute Gasteiger partial charge is 0.194 e. The molecule has 1 saturated heterocycles. The lowest BCUT2D eigenvalue weighted by Gasteiger charge is -2.21. The third-order valence-corrected chi connectivity index (χ3v) is 5.37. The Bertz CT molecular complexity index is 805. The second kappa shape index (κ2) is 12.9. The number of hydrogen-bond acceptors (Lipinski definition) is 4. The molecule has 2 heterocycles. The summed E-state index contributed by atoms with van der Waals surface area (Å²) in [5, 5.41) is 7.77. The SMILES string of the molecule is CCNC(=NCc1ccc(OCCCN(C)C)cc1)N1CCC(c2cnn(C)c2)C1.I. The number of guanidine groups is 1. The minimum atomic E-state index is 0. The Kier molecular flexibility index (Phi) is 10.6. The van der Waals surface area contributed by atoms with Gasteiger partial charge in [-0.05, 0) is 57.1 Å². The van der Waals surface area contributed by atoms with Crippen molar-refractivity contribution in [2.24, 2.45) is 12.0 Å². The van der Waals surface area contributed by atoms with Gasteiger partial charge in [0.1, 0.15) is 5.75 Å². The number of halogens is 1. The first kappa shape index (κ1) is 25.5. The predicted molar refractivity (Wildman–Crippen MR) is 137 cm³/mol. The lowest BCUT2D eigenvalue weighted by molar-refractivity contribution is 0.281. The van der Waals surface area contributed by atoms with Gasteiger partial charge in [0.2, 0.25) is 0 Å². The molecule has 0 aliphatic carbocycles. The van der Waals surface area contributed by atoms with E-state index in [-0.39, 0.29) is 24.0 Å². The van der Waals surface area contributed by atoms with Crippen molar-refractivity contribution >= 4 is 29.9 Å². The molecule has 0 radical (unpaired) electrons. The van der Waals surface area contributed by atoms with Crippen LogP contribution in [0, 0.1) is 0 Å². The summed E-state index contributed by atoms with van der Waals surface area (Å²) in [6, 6.07) is 8.30. The van der Waals surface area contributed by atoms with Crippen LogP contribution in [-0.2, 0) is 13.6 Å². The van der Waals surface area contributed by atoms with E-state index in [2.05, 4.69) is 59.6 Å². The van der Waals surface area contributed by atoms with Crippen molar-refractivity contribution in [2.45, 2.75) is 32.2 Å². The zero-order valence-electron chi connectivity index (χ0n) is 19.3. The van der Waals surface area contributed by atoms with Crippen LogP contribution < -0.4 is 10.1 Å². The topological polar surface area (TPSA) is 57.9 Å². The van der Waals surface area contributed by atoms with E-state index >= 15 is 0 Å². The fraction of sp³-hybridized carbons (Fsp3) is 0.565. The first-order valence-corrected chi connectivity index (χ1v) is 10.9. The molecule has 1 N–H and O–H groups in total. The van der Waals surface area contributed by atoms with Gasteiger partial charge in [-0.1, -0.05) is 12.1 Å². The number of aromatic nitrogens is 2. The van der Waals surface area contributed by atoms with Gasteiger partial charge in [-0.25, -0.2) is 4.99 Å². The molecule has 7 nitrogen and oxygen atoms in total. The lowest BCUT2D eigenvalue weighted by atomic mass is 10.0. The molecule has 1 aliphatic rings. The highest BCUT2D eigenvalue weighted by atomic mass is 127.